The van der Waals surface area contributed by atoms with Crippen molar-refractivity contribution in [3.63, 3.8) is 0 Å². The first-order chi connectivity index (χ1) is 14.7. The minimum atomic E-state index is -0.777. The van der Waals surface area contributed by atoms with E-state index in [9.17, 15) is 14.4 Å². The van der Waals surface area contributed by atoms with Gasteiger partial charge in [0.2, 0.25) is 0 Å². The van der Waals surface area contributed by atoms with Crippen molar-refractivity contribution in [2.75, 3.05) is 32.8 Å². The van der Waals surface area contributed by atoms with Crippen LogP contribution in [0.2, 0.25) is 0 Å². The van der Waals surface area contributed by atoms with Crippen LogP contribution in [0.15, 0.2) is 34.1 Å². The highest BCUT2D eigenvalue weighted by atomic mass is 16.6. The number of morpholine rings is 1. The van der Waals surface area contributed by atoms with E-state index < -0.39 is 35.7 Å². The summed E-state index contributed by atoms with van der Waals surface area (Å²) >= 11 is 0. The first-order valence-corrected chi connectivity index (χ1v) is 10.3. The predicted molar refractivity (Wildman–Crippen MR) is 109 cm³/mol. The second-order valence-corrected chi connectivity index (χ2v) is 8.29. The normalized spacial score (nSPS) is 22.5. The Hall–Kier alpha value is -2.85. The molecule has 31 heavy (non-hydrogen) atoms. The topological polar surface area (TPSA) is 119 Å². The fourth-order valence-corrected chi connectivity index (χ4v) is 3.44. The third-order valence-electron chi connectivity index (χ3n) is 4.68. The lowest BCUT2D eigenvalue weighted by atomic mass is 9.99. The predicted octanol–water partition coefficient (Wildman–Crippen LogP) is 1.49. The summed E-state index contributed by atoms with van der Waals surface area (Å²) in [5.41, 5.74) is 0.0341. The average molecular weight is 435 g/mol. The molecule has 1 saturated heterocycles. The summed E-state index contributed by atoms with van der Waals surface area (Å²) in [7, 11) is 0. The van der Waals surface area contributed by atoms with Crippen LogP contribution in [-0.4, -0.2) is 67.4 Å². The first kappa shape index (κ1) is 22.8. The summed E-state index contributed by atoms with van der Waals surface area (Å²) in [5, 5.41) is 5.42. The molecule has 0 aromatic carbocycles. The Labute approximate surface area is 180 Å². The molecular formula is C21H29N3O7. The Morgan fingerprint density at radius 2 is 2.10 bits per heavy atom. The van der Waals surface area contributed by atoms with Gasteiger partial charge in [-0.2, -0.15) is 0 Å². The van der Waals surface area contributed by atoms with Crippen LogP contribution in [0.25, 0.3) is 0 Å². The lowest BCUT2D eigenvalue weighted by Gasteiger charge is -2.35. The van der Waals surface area contributed by atoms with Crippen LogP contribution in [0.1, 0.15) is 39.5 Å². The van der Waals surface area contributed by atoms with Gasteiger partial charge in [0.05, 0.1) is 25.1 Å². The number of carbonyl (C=O) groups is 3. The molecule has 10 nitrogen and oxygen atoms in total. The second-order valence-electron chi connectivity index (χ2n) is 8.29. The van der Waals surface area contributed by atoms with Gasteiger partial charge in [-0.05, 0) is 39.8 Å². The molecule has 2 N–H and O–H groups in total. The molecule has 0 radical (unpaired) electrons. The van der Waals surface area contributed by atoms with Crippen LogP contribution in [0, 0.1) is 0 Å². The number of carbonyl (C=O) groups excluding carboxylic acids is 3. The SMILES string of the molecule is CCOC(=O)C1=C(CN2CCOC(C(=O)OC(C)(C)C)C2)NC(=O)NC1c1ccco1. The van der Waals surface area contributed by atoms with Crippen molar-refractivity contribution in [2.24, 2.45) is 0 Å². The zero-order valence-electron chi connectivity index (χ0n) is 18.2. The van der Waals surface area contributed by atoms with Crippen molar-refractivity contribution >= 4 is 18.0 Å². The van der Waals surface area contributed by atoms with Crippen molar-refractivity contribution in [1.29, 1.82) is 0 Å². The number of rotatable bonds is 6. The van der Waals surface area contributed by atoms with Crippen LogP contribution in [0.3, 0.4) is 0 Å². The second kappa shape index (κ2) is 9.52. The molecule has 3 rings (SSSR count). The van der Waals surface area contributed by atoms with E-state index in [2.05, 4.69) is 10.6 Å². The molecular weight excluding hydrogens is 406 g/mol. The van der Waals surface area contributed by atoms with E-state index in [0.29, 0.717) is 24.6 Å². The van der Waals surface area contributed by atoms with Gasteiger partial charge in [-0.15, -0.1) is 0 Å². The summed E-state index contributed by atoms with van der Waals surface area (Å²) in [6.07, 6.45) is 0.720. The van der Waals surface area contributed by atoms with Crippen molar-refractivity contribution in [3.8, 4) is 0 Å². The van der Waals surface area contributed by atoms with E-state index >= 15 is 0 Å². The van der Waals surface area contributed by atoms with Crippen molar-refractivity contribution in [3.05, 3.63) is 35.4 Å². The number of hydrogen-bond acceptors (Lipinski definition) is 8. The highest BCUT2D eigenvalue weighted by Gasteiger charge is 2.37. The van der Waals surface area contributed by atoms with Crippen molar-refractivity contribution in [2.45, 2.75) is 45.4 Å². The fraction of sp³-hybridized carbons (Fsp3) is 0.571. The molecule has 0 saturated carbocycles. The molecule has 2 atom stereocenters. The number of nitrogens with zero attached hydrogens (tertiary/aromatic N) is 1. The highest BCUT2D eigenvalue weighted by molar-refractivity contribution is 5.95. The monoisotopic (exact) mass is 435 g/mol. The molecule has 2 aliphatic heterocycles. The molecule has 3 heterocycles. The van der Waals surface area contributed by atoms with Gasteiger partial charge in [0.1, 0.15) is 17.4 Å². The lowest BCUT2D eigenvalue weighted by Crippen LogP contribution is -2.52. The highest BCUT2D eigenvalue weighted by Crippen LogP contribution is 2.28. The Kier molecular flexibility index (Phi) is 7.01. The van der Waals surface area contributed by atoms with Gasteiger partial charge < -0.3 is 29.3 Å². The molecule has 2 unspecified atom stereocenters. The van der Waals surface area contributed by atoms with Crippen LogP contribution in [0.4, 0.5) is 4.79 Å². The number of hydrogen-bond donors (Lipinski definition) is 2. The molecule has 2 aliphatic rings. The van der Waals surface area contributed by atoms with Gasteiger partial charge in [-0.3, -0.25) is 4.90 Å². The van der Waals surface area contributed by atoms with Crippen molar-refractivity contribution < 1.29 is 33.0 Å². The number of furan rings is 1. The third kappa shape index (κ3) is 5.86. The van der Waals surface area contributed by atoms with Gasteiger partial charge in [-0.25, -0.2) is 14.4 Å². The van der Waals surface area contributed by atoms with E-state index in [1.54, 1.807) is 39.8 Å². The molecule has 0 spiro atoms. The standard InChI is InChI=1S/C21H29N3O7/c1-5-28-19(26)16-13(22-20(27)23-17(16)14-7-6-9-29-14)11-24-8-10-30-15(12-24)18(25)31-21(2,3)4/h6-7,9,15,17H,5,8,10-12H2,1-4H3,(H2,22,23,27). The zero-order chi connectivity index (χ0) is 22.6. The molecule has 1 aromatic heterocycles. The third-order valence-corrected chi connectivity index (χ3v) is 4.68. The number of ether oxygens (including phenoxy) is 3. The number of nitrogens with one attached hydrogen (secondary N) is 2. The van der Waals surface area contributed by atoms with E-state index in [1.807, 2.05) is 4.90 Å². The van der Waals surface area contributed by atoms with Crippen molar-refractivity contribution in [1.82, 2.24) is 15.5 Å². The van der Waals surface area contributed by atoms with E-state index in [-0.39, 0.29) is 25.3 Å². The van der Waals surface area contributed by atoms with Crippen LogP contribution in [-0.2, 0) is 23.8 Å². The largest absolute Gasteiger partial charge is 0.467 e. The summed E-state index contributed by atoms with van der Waals surface area (Å²) in [6.45, 7) is 8.61. The van der Waals surface area contributed by atoms with Gasteiger partial charge in [-0.1, -0.05) is 0 Å². The van der Waals surface area contributed by atoms with Crippen LogP contribution >= 0.6 is 0 Å². The maximum absolute atomic E-state index is 12.8. The minimum Gasteiger partial charge on any atom is -0.467 e. The van der Waals surface area contributed by atoms with Gasteiger partial charge in [0.15, 0.2) is 6.10 Å². The number of esters is 2. The van der Waals surface area contributed by atoms with Crippen LogP contribution < -0.4 is 10.6 Å². The molecule has 1 aromatic rings. The average Bonchev–Trinajstić information content (AvgIpc) is 3.21. The Morgan fingerprint density at radius 3 is 2.74 bits per heavy atom. The molecule has 10 heteroatoms. The first-order valence-electron chi connectivity index (χ1n) is 10.3. The van der Waals surface area contributed by atoms with Crippen LogP contribution in [0.5, 0.6) is 0 Å². The van der Waals surface area contributed by atoms with Gasteiger partial charge in [0, 0.05) is 25.3 Å². The molecule has 170 valence electrons. The Morgan fingerprint density at radius 1 is 1.32 bits per heavy atom. The summed E-state index contributed by atoms with van der Waals surface area (Å²) in [4.78, 5) is 39.4. The maximum atomic E-state index is 12.8. The van der Waals surface area contributed by atoms with Gasteiger partial charge in [0.25, 0.3) is 0 Å². The number of amides is 2. The molecule has 2 amide bonds. The van der Waals surface area contributed by atoms with E-state index in [1.165, 1.54) is 6.26 Å². The van der Waals surface area contributed by atoms with Gasteiger partial charge >= 0.3 is 18.0 Å². The summed E-state index contributed by atoms with van der Waals surface area (Å²) in [6, 6.07) is 2.13. The zero-order valence-corrected chi connectivity index (χ0v) is 18.2. The quantitative estimate of drug-likeness (QED) is 0.645. The van der Waals surface area contributed by atoms with E-state index in [0.717, 1.165) is 0 Å². The smallest absolute Gasteiger partial charge is 0.338 e. The van der Waals surface area contributed by atoms with E-state index in [4.69, 9.17) is 18.6 Å². The summed E-state index contributed by atoms with van der Waals surface area (Å²) in [5.74, 6) is -0.577. The Bertz CT molecular complexity index is 842. The molecule has 1 fully saturated rings. The lowest BCUT2D eigenvalue weighted by molar-refractivity contribution is -0.173. The summed E-state index contributed by atoms with van der Waals surface area (Å²) < 4.78 is 21.7. The Balaban J connectivity index is 1.83. The maximum Gasteiger partial charge on any atom is 0.338 e. The minimum absolute atomic E-state index is 0.187. The fourth-order valence-electron chi connectivity index (χ4n) is 3.44. The number of urea groups is 1. The molecule has 0 aliphatic carbocycles. The molecule has 0 bridgehead atoms.